The standard InChI is InChI=1S/C22H22N2O4S/c1-27-18-8-6-7-16(11-18)23-22(26)14-24-13-21(28-2)20(25)12-17(24)15-29-19-9-4-3-5-10-19/h3-13H,14-15H2,1-2H3,(H,23,26). The molecule has 0 aliphatic heterocycles. The maximum atomic E-state index is 12.6. The Morgan fingerprint density at radius 1 is 1.03 bits per heavy atom. The second-order valence-corrected chi connectivity index (χ2v) is 7.26. The Bertz CT molecular complexity index is 1030. The van der Waals surface area contributed by atoms with Crippen molar-refractivity contribution in [2.24, 2.45) is 0 Å². The molecule has 6 nitrogen and oxygen atoms in total. The molecule has 29 heavy (non-hydrogen) atoms. The van der Waals surface area contributed by atoms with Gasteiger partial charge in [-0.25, -0.2) is 0 Å². The Labute approximate surface area is 173 Å². The van der Waals surface area contributed by atoms with Gasteiger partial charge >= 0.3 is 0 Å². The topological polar surface area (TPSA) is 69.6 Å². The molecule has 0 saturated carbocycles. The van der Waals surface area contributed by atoms with Crippen molar-refractivity contribution in [3.63, 3.8) is 0 Å². The highest BCUT2D eigenvalue weighted by Crippen LogP contribution is 2.23. The van der Waals surface area contributed by atoms with E-state index in [4.69, 9.17) is 9.47 Å². The molecule has 0 saturated heterocycles. The number of aromatic nitrogens is 1. The summed E-state index contributed by atoms with van der Waals surface area (Å²) in [5.74, 6) is 1.20. The van der Waals surface area contributed by atoms with Gasteiger partial charge in [0, 0.05) is 34.2 Å². The van der Waals surface area contributed by atoms with Crippen molar-refractivity contribution in [3.8, 4) is 11.5 Å². The molecule has 0 atom stereocenters. The maximum Gasteiger partial charge on any atom is 0.244 e. The predicted molar refractivity (Wildman–Crippen MR) is 115 cm³/mol. The zero-order valence-electron chi connectivity index (χ0n) is 16.3. The molecule has 0 bridgehead atoms. The van der Waals surface area contributed by atoms with Gasteiger partial charge in [-0.1, -0.05) is 24.3 Å². The van der Waals surface area contributed by atoms with Gasteiger partial charge in [-0.05, 0) is 24.3 Å². The zero-order valence-corrected chi connectivity index (χ0v) is 17.1. The summed E-state index contributed by atoms with van der Waals surface area (Å²) >= 11 is 1.60. The Kier molecular flexibility index (Phi) is 6.97. The van der Waals surface area contributed by atoms with Crippen molar-refractivity contribution in [2.75, 3.05) is 19.5 Å². The van der Waals surface area contributed by atoms with Gasteiger partial charge in [0.25, 0.3) is 0 Å². The third kappa shape index (κ3) is 5.65. The van der Waals surface area contributed by atoms with Crippen LogP contribution in [-0.2, 0) is 17.1 Å². The third-order valence-corrected chi connectivity index (χ3v) is 5.25. The highest BCUT2D eigenvalue weighted by molar-refractivity contribution is 7.98. The molecule has 0 unspecified atom stereocenters. The number of carbonyl (C=O) groups excluding carboxylic acids is 1. The summed E-state index contributed by atoms with van der Waals surface area (Å²) in [7, 11) is 3.01. The highest BCUT2D eigenvalue weighted by Gasteiger charge is 2.12. The minimum Gasteiger partial charge on any atom is -0.497 e. The second-order valence-electron chi connectivity index (χ2n) is 6.21. The van der Waals surface area contributed by atoms with Gasteiger partial charge < -0.3 is 19.4 Å². The van der Waals surface area contributed by atoms with Crippen LogP contribution < -0.4 is 20.2 Å². The number of nitrogens with zero attached hydrogens (tertiary/aromatic N) is 1. The molecule has 1 amide bonds. The van der Waals surface area contributed by atoms with Crippen LogP contribution in [0.1, 0.15) is 5.69 Å². The van der Waals surface area contributed by atoms with Gasteiger partial charge in [-0.2, -0.15) is 0 Å². The third-order valence-electron chi connectivity index (χ3n) is 4.20. The van der Waals surface area contributed by atoms with E-state index in [0.717, 1.165) is 10.6 Å². The van der Waals surface area contributed by atoms with Gasteiger partial charge in [0.05, 0.1) is 20.4 Å². The number of hydrogen-bond acceptors (Lipinski definition) is 5. The Morgan fingerprint density at radius 2 is 1.83 bits per heavy atom. The van der Waals surface area contributed by atoms with Crippen LogP contribution in [0.4, 0.5) is 5.69 Å². The van der Waals surface area contributed by atoms with Gasteiger partial charge in [0.15, 0.2) is 5.75 Å². The minimum absolute atomic E-state index is 0.0541. The lowest BCUT2D eigenvalue weighted by Crippen LogP contribution is -2.22. The van der Waals surface area contributed by atoms with Crippen LogP contribution in [0.5, 0.6) is 11.5 Å². The molecule has 1 N–H and O–H groups in total. The van der Waals surface area contributed by atoms with E-state index < -0.39 is 0 Å². The van der Waals surface area contributed by atoms with Crippen LogP contribution in [0.2, 0.25) is 0 Å². The number of hydrogen-bond donors (Lipinski definition) is 1. The van der Waals surface area contributed by atoms with Crippen LogP contribution in [-0.4, -0.2) is 24.7 Å². The molecule has 0 spiro atoms. The molecule has 2 aromatic carbocycles. The van der Waals surface area contributed by atoms with Gasteiger partial charge in [0.2, 0.25) is 11.3 Å². The SMILES string of the molecule is COc1cccc(NC(=O)Cn2cc(OC)c(=O)cc2CSc2ccccc2)c1. The largest absolute Gasteiger partial charge is 0.497 e. The molecular formula is C22H22N2O4S. The van der Waals surface area contributed by atoms with E-state index in [9.17, 15) is 9.59 Å². The number of pyridine rings is 1. The molecule has 0 fully saturated rings. The molecule has 1 heterocycles. The Balaban J connectivity index is 1.78. The van der Waals surface area contributed by atoms with E-state index in [0.29, 0.717) is 17.2 Å². The number of carbonyl (C=O) groups is 1. The smallest absolute Gasteiger partial charge is 0.244 e. The average Bonchev–Trinajstić information content (AvgIpc) is 2.74. The van der Waals surface area contributed by atoms with Crippen LogP contribution in [0.3, 0.4) is 0 Å². The average molecular weight is 410 g/mol. The van der Waals surface area contributed by atoms with E-state index in [1.807, 2.05) is 30.3 Å². The molecule has 1 aromatic heterocycles. The Hall–Kier alpha value is -3.19. The summed E-state index contributed by atoms with van der Waals surface area (Å²) in [5, 5.41) is 2.85. The molecule has 150 valence electrons. The van der Waals surface area contributed by atoms with Crippen LogP contribution in [0.25, 0.3) is 0 Å². The molecule has 7 heteroatoms. The van der Waals surface area contributed by atoms with Crippen molar-refractivity contribution in [1.82, 2.24) is 4.57 Å². The lowest BCUT2D eigenvalue weighted by atomic mass is 10.3. The van der Waals surface area contributed by atoms with Gasteiger partial charge in [0.1, 0.15) is 12.3 Å². The second kappa shape index (κ2) is 9.84. The van der Waals surface area contributed by atoms with E-state index in [-0.39, 0.29) is 23.6 Å². The number of rotatable bonds is 8. The summed E-state index contributed by atoms with van der Waals surface area (Å²) in [6, 6.07) is 18.6. The number of nitrogens with one attached hydrogen (secondary N) is 1. The van der Waals surface area contributed by atoms with Crippen molar-refractivity contribution in [1.29, 1.82) is 0 Å². The maximum absolute atomic E-state index is 12.6. The fourth-order valence-corrected chi connectivity index (χ4v) is 3.66. The summed E-state index contributed by atoms with van der Waals surface area (Å²) < 4.78 is 12.1. The number of ether oxygens (including phenoxy) is 2. The molecule has 0 radical (unpaired) electrons. The summed E-state index contributed by atoms with van der Waals surface area (Å²) in [5.41, 5.74) is 1.17. The Morgan fingerprint density at radius 3 is 2.55 bits per heavy atom. The minimum atomic E-state index is -0.213. The molecule has 0 aliphatic rings. The zero-order chi connectivity index (χ0) is 20.6. The first-order valence-corrected chi connectivity index (χ1v) is 9.96. The van der Waals surface area contributed by atoms with Gasteiger partial charge in [-0.15, -0.1) is 11.8 Å². The summed E-state index contributed by atoms with van der Waals surface area (Å²) in [6.45, 7) is 0.0541. The first-order valence-electron chi connectivity index (χ1n) is 8.98. The lowest BCUT2D eigenvalue weighted by molar-refractivity contribution is -0.116. The fraction of sp³-hybridized carbons (Fsp3) is 0.182. The number of benzene rings is 2. The monoisotopic (exact) mass is 410 g/mol. The predicted octanol–water partition coefficient (Wildman–Crippen LogP) is 3.80. The quantitative estimate of drug-likeness (QED) is 0.572. The lowest BCUT2D eigenvalue weighted by Gasteiger charge is -2.15. The van der Waals surface area contributed by atoms with E-state index in [1.54, 1.807) is 53.9 Å². The van der Waals surface area contributed by atoms with E-state index in [2.05, 4.69) is 5.32 Å². The molecule has 3 aromatic rings. The number of anilines is 1. The molecule has 0 aliphatic carbocycles. The van der Waals surface area contributed by atoms with E-state index in [1.165, 1.54) is 13.2 Å². The van der Waals surface area contributed by atoms with Gasteiger partial charge in [-0.3, -0.25) is 9.59 Å². The van der Waals surface area contributed by atoms with E-state index >= 15 is 0 Å². The first kappa shape index (κ1) is 20.5. The van der Waals surface area contributed by atoms with Crippen molar-refractivity contribution < 1.29 is 14.3 Å². The number of methoxy groups -OCH3 is 2. The van der Waals surface area contributed by atoms with Crippen LogP contribution in [0, 0.1) is 0 Å². The van der Waals surface area contributed by atoms with Crippen LogP contribution in [0.15, 0.2) is 76.6 Å². The van der Waals surface area contributed by atoms with Crippen LogP contribution >= 0.6 is 11.8 Å². The normalized spacial score (nSPS) is 10.4. The highest BCUT2D eigenvalue weighted by atomic mass is 32.2. The fourth-order valence-electron chi connectivity index (χ4n) is 2.75. The van der Waals surface area contributed by atoms with Crippen molar-refractivity contribution >= 4 is 23.4 Å². The first-order chi connectivity index (χ1) is 14.1. The molecular weight excluding hydrogens is 388 g/mol. The van der Waals surface area contributed by atoms with Crippen molar-refractivity contribution in [2.45, 2.75) is 17.2 Å². The molecule has 3 rings (SSSR count). The number of thioether (sulfide) groups is 1. The summed E-state index contributed by atoms with van der Waals surface area (Å²) in [6.07, 6.45) is 1.58. The van der Waals surface area contributed by atoms with Crippen molar-refractivity contribution in [3.05, 3.63) is 82.8 Å². The number of amides is 1. The summed E-state index contributed by atoms with van der Waals surface area (Å²) in [4.78, 5) is 25.9.